The van der Waals surface area contributed by atoms with Crippen molar-refractivity contribution in [3.05, 3.63) is 12.3 Å². The summed E-state index contributed by atoms with van der Waals surface area (Å²) < 4.78 is 26.4. The molecule has 0 aromatic carbocycles. The monoisotopic (exact) mass is 464 g/mol. The van der Waals surface area contributed by atoms with Gasteiger partial charge in [0.05, 0.1) is 5.75 Å². The third kappa shape index (κ3) is 6.11. The van der Waals surface area contributed by atoms with E-state index in [2.05, 4.69) is 20.1 Å². The predicted octanol–water partition coefficient (Wildman–Crippen LogP) is 2.94. The summed E-state index contributed by atoms with van der Waals surface area (Å²) in [4.78, 5) is 14.3. The third-order valence-corrected chi connectivity index (χ3v) is 9.23. The molecule has 1 atom stereocenters. The predicted molar refractivity (Wildman–Crippen MR) is 130 cm³/mol. The van der Waals surface area contributed by atoms with Crippen molar-refractivity contribution in [3.63, 3.8) is 0 Å². The zero-order valence-corrected chi connectivity index (χ0v) is 20.4. The van der Waals surface area contributed by atoms with Gasteiger partial charge in [-0.1, -0.05) is 19.8 Å². The zero-order valence-electron chi connectivity index (χ0n) is 19.6. The molecule has 1 aromatic rings. The van der Waals surface area contributed by atoms with Crippen LogP contribution in [0.1, 0.15) is 64.7 Å². The molecule has 0 radical (unpaired) electrons. The molecule has 32 heavy (non-hydrogen) atoms. The summed E-state index contributed by atoms with van der Waals surface area (Å²) in [7, 11) is -3.07. The first kappa shape index (κ1) is 23.7. The molecule has 9 heteroatoms. The van der Waals surface area contributed by atoms with Crippen LogP contribution < -0.4 is 10.2 Å². The highest BCUT2D eigenvalue weighted by Crippen LogP contribution is 2.24. The van der Waals surface area contributed by atoms with Gasteiger partial charge in [-0.2, -0.15) is 4.98 Å². The minimum absolute atomic E-state index is 0.268. The van der Waals surface area contributed by atoms with Gasteiger partial charge in [-0.15, -0.1) is 0 Å². The lowest BCUT2D eigenvalue weighted by molar-refractivity contribution is 0.112. The number of hydrogen-bond acceptors (Lipinski definition) is 7. The van der Waals surface area contributed by atoms with Crippen molar-refractivity contribution in [2.24, 2.45) is 0 Å². The standard InChI is InChI=1S/C23H40N6O2S/c1-2-18-32(30,31)29-16-10-21(11-17-29)28-15-7-8-20(19-28)25-23-24-12-9-22(26-23)27-13-5-3-4-6-14-27/h9,12,20-21H,2-8,10-11,13-19H2,1H3,(H,24,25,26). The summed E-state index contributed by atoms with van der Waals surface area (Å²) in [5.74, 6) is 2.04. The van der Waals surface area contributed by atoms with E-state index in [4.69, 9.17) is 4.98 Å². The number of hydrogen-bond donors (Lipinski definition) is 1. The van der Waals surface area contributed by atoms with Gasteiger partial charge in [0, 0.05) is 51.0 Å². The lowest BCUT2D eigenvalue weighted by Gasteiger charge is -2.42. The highest BCUT2D eigenvalue weighted by atomic mass is 32.2. The molecule has 180 valence electrons. The fourth-order valence-corrected chi connectivity index (χ4v) is 6.95. The molecule has 0 aliphatic carbocycles. The first-order valence-electron chi connectivity index (χ1n) is 12.6. The minimum Gasteiger partial charge on any atom is -0.356 e. The molecule has 0 bridgehead atoms. The second kappa shape index (κ2) is 11.1. The largest absolute Gasteiger partial charge is 0.356 e. The molecule has 1 N–H and O–H groups in total. The van der Waals surface area contributed by atoms with E-state index in [1.807, 2.05) is 19.2 Å². The highest BCUT2D eigenvalue weighted by Gasteiger charge is 2.32. The van der Waals surface area contributed by atoms with Crippen LogP contribution in [0.25, 0.3) is 0 Å². The molecule has 3 saturated heterocycles. The van der Waals surface area contributed by atoms with Crippen LogP contribution in [0, 0.1) is 0 Å². The first-order chi connectivity index (χ1) is 15.5. The second-order valence-corrected chi connectivity index (χ2v) is 11.7. The Hall–Kier alpha value is -1.45. The van der Waals surface area contributed by atoms with Crippen LogP contribution in [0.5, 0.6) is 0 Å². The molecule has 3 aliphatic rings. The van der Waals surface area contributed by atoms with Crippen LogP contribution in [0.2, 0.25) is 0 Å². The van der Waals surface area contributed by atoms with Crippen molar-refractivity contribution in [3.8, 4) is 0 Å². The third-order valence-electron chi connectivity index (χ3n) is 7.15. The van der Waals surface area contributed by atoms with Gasteiger partial charge < -0.3 is 10.2 Å². The minimum atomic E-state index is -3.07. The summed E-state index contributed by atoms with van der Waals surface area (Å²) >= 11 is 0. The Morgan fingerprint density at radius 3 is 2.47 bits per heavy atom. The van der Waals surface area contributed by atoms with Gasteiger partial charge in [0.1, 0.15) is 5.82 Å². The molecule has 4 rings (SSSR count). The molecule has 4 heterocycles. The topological polar surface area (TPSA) is 81.7 Å². The highest BCUT2D eigenvalue weighted by molar-refractivity contribution is 7.89. The molecule has 0 amide bonds. The second-order valence-electron chi connectivity index (χ2n) is 9.56. The Balaban J connectivity index is 1.31. The number of rotatable bonds is 7. The van der Waals surface area contributed by atoms with Crippen molar-refractivity contribution in [1.82, 2.24) is 19.2 Å². The molecule has 1 unspecified atom stereocenters. The van der Waals surface area contributed by atoms with Crippen LogP contribution in [-0.4, -0.2) is 84.7 Å². The van der Waals surface area contributed by atoms with Crippen molar-refractivity contribution in [1.29, 1.82) is 0 Å². The lowest BCUT2D eigenvalue weighted by Crippen LogP contribution is -2.52. The SMILES string of the molecule is CCCS(=O)(=O)N1CCC(N2CCCC(Nc3nccc(N4CCCCCC4)n3)C2)CC1. The normalized spacial score (nSPS) is 24.9. The number of nitrogens with zero attached hydrogens (tertiary/aromatic N) is 5. The quantitative estimate of drug-likeness (QED) is 0.664. The van der Waals surface area contributed by atoms with Gasteiger partial charge in [0.15, 0.2) is 0 Å². The van der Waals surface area contributed by atoms with E-state index in [1.165, 1.54) is 25.7 Å². The van der Waals surface area contributed by atoms with Gasteiger partial charge in [0.2, 0.25) is 16.0 Å². The summed E-state index contributed by atoms with van der Waals surface area (Å²) in [6.07, 6.45) is 11.8. The van der Waals surface area contributed by atoms with E-state index in [-0.39, 0.29) is 5.75 Å². The number of anilines is 2. The Morgan fingerprint density at radius 1 is 1.00 bits per heavy atom. The molecule has 8 nitrogen and oxygen atoms in total. The Morgan fingerprint density at radius 2 is 1.75 bits per heavy atom. The van der Waals surface area contributed by atoms with Crippen LogP contribution >= 0.6 is 0 Å². The zero-order chi connectivity index (χ0) is 22.4. The number of piperidine rings is 2. The van der Waals surface area contributed by atoms with Gasteiger partial charge in [-0.05, 0) is 57.6 Å². The van der Waals surface area contributed by atoms with Gasteiger partial charge >= 0.3 is 0 Å². The Bertz CT molecular complexity index is 820. The summed E-state index contributed by atoms with van der Waals surface area (Å²) in [6.45, 7) is 7.48. The van der Waals surface area contributed by atoms with Crippen LogP contribution in [-0.2, 0) is 10.0 Å². The maximum atomic E-state index is 12.4. The summed E-state index contributed by atoms with van der Waals surface area (Å²) in [5.41, 5.74) is 0. The number of sulfonamides is 1. The maximum Gasteiger partial charge on any atom is 0.224 e. The summed E-state index contributed by atoms with van der Waals surface area (Å²) in [5, 5.41) is 3.60. The summed E-state index contributed by atoms with van der Waals surface area (Å²) in [6, 6.07) is 2.84. The Kier molecular flexibility index (Phi) is 8.23. The van der Waals surface area contributed by atoms with E-state index >= 15 is 0 Å². The smallest absolute Gasteiger partial charge is 0.224 e. The fourth-order valence-electron chi connectivity index (χ4n) is 5.41. The van der Waals surface area contributed by atoms with E-state index < -0.39 is 10.0 Å². The van der Waals surface area contributed by atoms with E-state index in [0.717, 1.165) is 63.6 Å². The van der Waals surface area contributed by atoms with E-state index in [9.17, 15) is 8.42 Å². The van der Waals surface area contributed by atoms with Crippen molar-refractivity contribution >= 4 is 21.8 Å². The van der Waals surface area contributed by atoms with E-state index in [0.29, 0.717) is 31.6 Å². The van der Waals surface area contributed by atoms with Gasteiger partial charge in [0.25, 0.3) is 0 Å². The van der Waals surface area contributed by atoms with Crippen molar-refractivity contribution < 1.29 is 8.42 Å². The molecular weight excluding hydrogens is 424 g/mol. The molecule has 3 aliphatic heterocycles. The van der Waals surface area contributed by atoms with Crippen molar-refractivity contribution in [2.75, 3.05) is 55.2 Å². The first-order valence-corrected chi connectivity index (χ1v) is 14.2. The lowest BCUT2D eigenvalue weighted by atomic mass is 9.99. The molecule has 1 aromatic heterocycles. The Labute approximate surface area is 193 Å². The molecule has 0 spiro atoms. The van der Waals surface area contributed by atoms with Crippen LogP contribution in [0.4, 0.5) is 11.8 Å². The number of aromatic nitrogens is 2. The van der Waals surface area contributed by atoms with Gasteiger partial charge in [-0.25, -0.2) is 17.7 Å². The fraction of sp³-hybridized carbons (Fsp3) is 0.826. The van der Waals surface area contributed by atoms with E-state index in [1.54, 1.807) is 4.31 Å². The number of likely N-dealkylation sites (tertiary alicyclic amines) is 1. The van der Waals surface area contributed by atoms with Crippen molar-refractivity contribution in [2.45, 2.75) is 76.8 Å². The van der Waals surface area contributed by atoms with Gasteiger partial charge in [-0.3, -0.25) is 4.90 Å². The van der Waals surface area contributed by atoms with Crippen LogP contribution in [0.3, 0.4) is 0 Å². The molecular formula is C23H40N6O2S. The maximum absolute atomic E-state index is 12.4. The average molecular weight is 465 g/mol. The average Bonchev–Trinajstić information content (AvgIpc) is 3.09. The molecule has 0 saturated carbocycles. The van der Waals surface area contributed by atoms with Crippen LogP contribution in [0.15, 0.2) is 12.3 Å². The number of nitrogens with one attached hydrogen (secondary N) is 1. The molecule has 3 fully saturated rings.